The molecule has 0 aromatic carbocycles. The Morgan fingerprint density at radius 3 is 2.06 bits per heavy atom. The molecule has 96 valence electrons. The fourth-order valence-corrected chi connectivity index (χ4v) is 2.80. The van der Waals surface area contributed by atoms with E-state index in [-0.39, 0.29) is 0 Å². The molecule has 0 spiro atoms. The third kappa shape index (κ3) is 4.42. The van der Waals surface area contributed by atoms with Gasteiger partial charge in [-0.2, -0.15) is 0 Å². The number of nitrogens with zero attached hydrogens (tertiary/aromatic N) is 1. The summed E-state index contributed by atoms with van der Waals surface area (Å²) in [5.74, 6) is 1.61. The van der Waals surface area contributed by atoms with Gasteiger partial charge in [-0.15, -0.1) is 0 Å². The summed E-state index contributed by atoms with van der Waals surface area (Å²) >= 11 is 0. The molecule has 1 rings (SSSR count). The van der Waals surface area contributed by atoms with Gasteiger partial charge in [0.05, 0.1) is 0 Å². The first-order valence-electron chi connectivity index (χ1n) is 6.93. The summed E-state index contributed by atoms with van der Waals surface area (Å²) in [4.78, 5) is 2.64. The minimum atomic E-state index is 0.766. The molecule has 0 amide bonds. The van der Waals surface area contributed by atoms with Crippen molar-refractivity contribution >= 4 is 0 Å². The van der Waals surface area contributed by atoms with Crippen LogP contribution in [0.2, 0.25) is 0 Å². The number of nitrogens with one attached hydrogen (secondary N) is 1. The highest BCUT2D eigenvalue weighted by Gasteiger charge is 2.26. The SMILES string of the molecule is CC(C)CC(CC(C)C)N(C)C1CCNC1. The molecule has 1 aliphatic heterocycles. The Hall–Kier alpha value is -0.0800. The summed E-state index contributed by atoms with van der Waals surface area (Å²) in [7, 11) is 2.33. The maximum atomic E-state index is 3.47. The van der Waals surface area contributed by atoms with Gasteiger partial charge in [-0.1, -0.05) is 27.7 Å². The van der Waals surface area contributed by atoms with E-state index in [0.29, 0.717) is 0 Å². The molecule has 1 unspecified atom stereocenters. The van der Waals surface area contributed by atoms with E-state index in [1.807, 2.05) is 0 Å². The zero-order chi connectivity index (χ0) is 12.1. The van der Waals surface area contributed by atoms with Gasteiger partial charge < -0.3 is 5.32 Å². The molecule has 1 heterocycles. The lowest BCUT2D eigenvalue weighted by atomic mass is 9.93. The summed E-state index contributed by atoms with van der Waals surface area (Å²) < 4.78 is 0. The Kier molecular flexibility index (Phi) is 5.77. The lowest BCUT2D eigenvalue weighted by Gasteiger charge is -2.35. The molecule has 2 heteroatoms. The van der Waals surface area contributed by atoms with Gasteiger partial charge in [0.25, 0.3) is 0 Å². The predicted octanol–water partition coefficient (Wildman–Crippen LogP) is 2.74. The number of hydrogen-bond acceptors (Lipinski definition) is 2. The maximum absolute atomic E-state index is 3.47. The van der Waals surface area contributed by atoms with Crippen molar-refractivity contribution in [3.05, 3.63) is 0 Å². The summed E-state index contributed by atoms with van der Waals surface area (Å²) in [6.07, 6.45) is 4.00. The molecule has 2 nitrogen and oxygen atoms in total. The first-order valence-corrected chi connectivity index (χ1v) is 6.93. The van der Waals surface area contributed by atoms with E-state index < -0.39 is 0 Å². The molecule has 1 saturated heterocycles. The van der Waals surface area contributed by atoms with Crippen molar-refractivity contribution in [2.24, 2.45) is 11.8 Å². The molecule has 0 bridgehead atoms. The number of hydrogen-bond donors (Lipinski definition) is 1. The molecule has 0 aliphatic carbocycles. The largest absolute Gasteiger partial charge is 0.315 e. The molecule has 0 aromatic heterocycles. The van der Waals surface area contributed by atoms with Crippen LogP contribution in [0.4, 0.5) is 0 Å². The highest BCUT2D eigenvalue weighted by atomic mass is 15.2. The van der Waals surface area contributed by atoms with Crippen LogP contribution in [0.15, 0.2) is 0 Å². The first-order chi connectivity index (χ1) is 7.50. The zero-order valence-electron chi connectivity index (χ0n) is 11.8. The van der Waals surface area contributed by atoms with E-state index in [2.05, 4.69) is 45.0 Å². The van der Waals surface area contributed by atoms with Crippen LogP contribution in [0.25, 0.3) is 0 Å². The molecule has 1 N–H and O–H groups in total. The van der Waals surface area contributed by atoms with Gasteiger partial charge in [0.2, 0.25) is 0 Å². The fraction of sp³-hybridized carbons (Fsp3) is 1.00. The molecule has 1 aliphatic rings. The zero-order valence-corrected chi connectivity index (χ0v) is 11.8. The molecule has 1 fully saturated rings. The lowest BCUT2D eigenvalue weighted by molar-refractivity contribution is 0.142. The second-order valence-corrected chi connectivity index (χ2v) is 6.23. The number of rotatable bonds is 6. The van der Waals surface area contributed by atoms with Crippen molar-refractivity contribution in [1.29, 1.82) is 0 Å². The maximum Gasteiger partial charge on any atom is 0.0232 e. The van der Waals surface area contributed by atoms with Crippen molar-refractivity contribution < 1.29 is 0 Å². The molecule has 0 saturated carbocycles. The third-order valence-corrected chi connectivity index (χ3v) is 3.67. The molecule has 1 atom stereocenters. The second kappa shape index (κ2) is 6.61. The van der Waals surface area contributed by atoms with Crippen LogP contribution in [0, 0.1) is 11.8 Å². The summed E-state index contributed by atoms with van der Waals surface area (Å²) in [6.45, 7) is 11.7. The average molecular weight is 226 g/mol. The van der Waals surface area contributed by atoms with Gasteiger partial charge in [0.15, 0.2) is 0 Å². The van der Waals surface area contributed by atoms with E-state index in [4.69, 9.17) is 0 Å². The standard InChI is InChI=1S/C14H30N2/c1-11(2)8-14(9-12(3)4)16(5)13-6-7-15-10-13/h11-15H,6-10H2,1-5H3. The lowest BCUT2D eigenvalue weighted by Crippen LogP contribution is -2.42. The van der Waals surface area contributed by atoms with Crippen LogP contribution in [0.5, 0.6) is 0 Å². The molecule has 16 heavy (non-hydrogen) atoms. The van der Waals surface area contributed by atoms with Crippen molar-refractivity contribution in [2.45, 2.75) is 59.0 Å². The highest BCUT2D eigenvalue weighted by molar-refractivity contribution is 4.84. The van der Waals surface area contributed by atoms with Gasteiger partial charge in [0, 0.05) is 18.6 Å². The minimum Gasteiger partial charge on any atom is -0.315 e. The van der Waals surface area contributed by atoms with E-state index in [1.165, 1.54) is 32.4 Å². The van der Waals surface area contributed by atoms with Crippen LogP contribution in [-0.2, 0) is 0 Å². The van der Waals surface area contributed by atoms with Crippen molar-refractivity contribution in [2.75, 3.05) is 20.1 Å². The van der Waals surface area contributed by atoms with Gasteiger partial charge in [-0.05, 0) is 44.7 Å². The minimum absolute atomic E-state index is 0.766. The van der Waals surface area contributed by atoms with Crippen molar-refractivity contribution in [1.82, 2.24) is 10.2 Å². The Labute approximate surface area is 102 Å². The Morgan fingerprint density at radius 2 is 1.69 bits per heavy atom. The van der Waals surface area contributed by atoms with Crippen LogP contribution in [-0.4, -0.2) is 37.1 Å². The van der Waals surface area contributed by atoms with E-state index in [9.17, 15) is 0 Å². The first kappa shape index (κ1) is 14.0. The topological polar surface area (TPSA) is 15.3 Å². The molecular formula is C14H30N2. The summed E-state index contributed by atoms with van der Waals surface area (Å²) in [5.41, 5.74) is 0. The Balaban J connectivity index is 2.51. The summed E-state index contributed by atoms with van der Waals surface area (Å²) in [6, 6.07) is 1.53. The summed E-state index contributed by atoms with van der Waals surface area (Å²) in [5, 5.41) is 3.47. The van der Waals surface area contributed by atoms with Crippen molar-refractivity contribution in [3.8, 4) is 0 Å². The Morgan fingerprint density at radius 1 is 1.12 bits per heavy atom. The van der Waals surface area contributed by atoms with Crippen LogP contribution in [0.3, 0.4) is 0 Å². The van der Waals surface area contributed by atoms with E-state index in [1.54, 1.807) is 0 Å². The van der Waals surface area contributed by atoms with Crippen LogP contribution < -0.4 is 5.32 Å². The van der Waals surface area contributed by atoms with Gasteiger partial charge in [-0.25, -0.2) is 0 Å². The quantitative estimate of drug-likeness (QED) is 0.749. The fourth-order valence-electron chi connectivity index (χ4n) is 2.80. The molecule has 0 aromatic rings. The van der Waals surface area contributed by atoms with Crippen LogP contribution in [0.1, 0.15) is 47.0 Å². The predicted molar refractivity (Wildman–Crippen MR) is 71.7 cm³/mol. The number of likely N-dealkylation sites (N-methyl/N-ethyl adjacent to an activating group) is 1. The smallest absolute Gasteiger partial charge is 0.0232 e. The average Bonchev–Trinajstić information content (AvgIpc) is 2.66. The van der Waals surface area contributed by atoms with Crippen molar-refractivity contribution in [3.63, 3.8) is 0 Å². The van der Waals surface area contributed by atoms with E-state index >= 15 is 0 Å². The Bertz CT molecular complexity index is 173. The normalized spacial score (nSPS) is 21.9. The third-order valence-electron chi connectivity index (χ3n) is 3.67. The van der Waals surface area contributed by atoms with E-state index in [0.717, 1.165) is 23.9 Å². The van der Waals surface area contributed by atoms with Gasteiger partial charge >= 0.3 is 0 Å². The molecule has 0 radical (unpaired) electrons. The van der Waals surface area contributed by atoms with Crippen LogP contribution >= 0.6 is 0 Å². The van der Waals surface area contributed by atoms with Gasteiger partial charge in [-0.3, -0.25) is 4.90 Å². The highest BCUT2D eigenvalue weighted by Crippen LogP contribution is 2.21. The monoisotopic (exact) mass is 226 g/mol. The van der Waals surface area contributed by atoms with Gasteiger partial charge in [0.1, 0.15) is 0 Å². The molecular weight excluding hydrogens is 196 g/mol. The second-order valence-electron chi connectivity index (χ2n) is 6.23.